The molecule has 0 spiro atoms. The molecule has 0 saturated heterocycles. The lowest BCUT2D eigenvalue weighted by Crippen LogP contribution is -2.25. The Hall–Kier alpha value is -0.780. The van der Waals surface area contributed by atoms with E-state index in [1.165, 1.54) is 7.11 Å². The van der Waals surface area contributed by atoms with E-state index in [2.05, 4.69) is 9.47 Å². The van der Waals surface area contributed by atoms with Crippen molar-refractivity contribution < 1.29 is 27.4 Å². The zero-order valence-electron chi connectivity index (χ0n) is 6.48. The quantitative estimate of drug-likeness (QED) is 0.487. The summed E-state index contributed by atoms with van der Waals surface area (Å²) in [5.74, 6) is -2.15. The maximum absolute atomic E-state index is 11.5. The fourth-order valence-electron chi connectivity index (χ4n) is 0.450. The molecule has 72 valence electrons. The molecule has 0 N–H and O–H groups in total. The van der Waals surface area contributed by atoms with Gasteiger partial charge in [0.2, 0.25) is 0 Å². The molecule has 0 heterocycles. The van der Waals surface area contributed by atoms with Crippen molar-refractivity contribution in [2.75, 3.05) is 20.3 Å². The normalized spacial score (nSPS) is 11.3. The van der Waals surface area contributed by atoms with Gasteiger partial charge in [0.05, 0.1) is 6.61 Å². The third-order valence-corrected chi connectivity index (χ3v) is 0.957. The van der Waals surface area contributed by atoms with E-state index in [-0.39, 0.29) is 19.6 Å². The molecule has 3 nitrogen and oxygen atoms in total. The van der Waals surface area contributed by atoms with E-state index in [0.29, 0.717) is 0 Å². The average molecular weight is 186 g/mol. The Kier molecular flexibility index (Phi) is 4.65. The molecule has 0 aromatic heterocycles. The second kappa shape index (κ2) is 4.97. The van der Waals surface area contributed by atoms with Gasteiger partial charge in [-0.15, -0.1) is 0 Å². The molecule has 0 aromatic rings. The number of hydrogen-bond donors (Lipinski definition) is 0. The molecule has 0 aliphatic rings. The van der Waals surface area contributed by atoms with Crippen molar-refractivity contribution in [1.82, 2.24) is 0 Å². The molecule has 0 amide bonds. The number of alkyl halides is 3. The number of hydrogen-bond acceptors (Lipinski definition) is 3. The molecule has 0 rings (SSSR count). The summed E-state index contributed by atoms with van der Waals surface area (Å²) in [6.45, 7) is -0.00266. The molecule has 12 heavy (non-hydrogen) atoms. The summed E-state index contributed by atoms with van der Waals surface area (Å²) in [6.07, 6.45) is -4.63. The summed E-state index contributed by atoms with van der Waals surface area (Å²) in [7, 11) is 1.41. The zero-order valence-corrected chi connectivity index (χ0v) is 6.48. The van der Waals surface area contributed by atoms with Gasteiger partial charge < -0.3 is 9.47 Å². The molecule has 0 aliphatic carbocycles. The predicted molar refractivity (Wildman–Crippen MR) is 33.5 cm³/mol. The standard InChI is InChI=1S/C6H9F3O3/c1-11-3-2-4-12-5(10)6(7,8)9/h2-4H2,1H3. The van der Waals surface area contributed by atoms with Crippen LogP contribution in [0.4, 0.5) is 13.2 Å². The van der Waals surface area contributed by atoms with Gasteiger partial charge in [-0.05, 0) is 0 Å². The van der Waals surface area contributed by atoms with Gasteiger partial charge in [0, 0.05) is 20.1 Å². The lowest BCUT2D eigenvalue weighted by Gasteiger charge is -2.06. The van der Waals surface area contributed by atoms with Gasteiger partial charge >= 0.3 is 12.1 Å². The summed E-state index contributed by atoms with van der Waals surface area (Å²) in [4.78, 5) is 10.0. The van der Waals surface area contributed by atoms with Gasteiger partial charge in [-0.25, -0.2) is 4.79 Å². The SMILES string of the molecule is COCCCOC(=O)C(F)(F)F. The van der Waals surface area contributed by atoms with Crippen molar-refractivity contribution in [2.45, 2.75) is 12.6 Å². The molecular weight excluding hydrogens is 177 g/mol. The van der Waals surface area contributed by atoms with Crippen molar-refractivity contribution in [1.29, 1.82) is 0 Å². The highest BCUT2D eigenvalue weighted by atomic mass is 19.4. The van der Waals surface area contributed by atoms with E-state index in [9.17, 15) is 18.0 Å². The first kappa shape index (κ1) is 11.2. The summed E-state index contributed by atoms with van der Waals surface area (Å²) in [5.41, 5.74) is 0. The molecule has 0 aromatic carbocycles. The Balaban J connectivity index is 3.45. The van der Waals surface area contributed by atoms with Crippen molar-refractivity contribution in [2.24, 2.45) is 0 Å². The second-order valence-electron chi connectivity index (χ2n) is 1.98. The third kappa shape index (κ3) is 4.95. The van der Waals surface area contributed by atoms with Crippen LogP contribution in [-0.4, -0.2) is 32.5 Å². The van der Waals surface area contributed by atoms with Gasteiger partial charge in [-0.3, -0.25) is 0 Å². The molecule has 0 atom stereocenters. The largest absolute Gasteiger partial charge is 0.490 e. The van der Waals surface area contributed by atoms with Gasteiger partial charge in [0.25, 0.3) is 0 Å². The van der Waals surface area contributed by atoms with Crippen molar-refractivity contribution in [3.8, 4) is 0 Å². The molecule has 0 bridgehead atoms. The van der Waals surface area contributed by atoms with E-state index in [0.717, 1.165) is 0 Å². The Labute approximate surface area is 67.4 Å². The van der Waals surface area contributed by atoms with Crippen LogP contribution in [0.15, 0.2) is 0 Å². The van der Waals surface area contributed by atoms with Gasteiger partial charge in [0.15, 0.2) is 0 Å². The molecule has 0 aliphatic heterocycles. The minimum Gasteiger partial charge on any atom is -0.459 e. The number of halogens is 3. The van der Waals surface area contributed by atoms with Gasteiger partial charge in [-0.1, -0.05) is 0 Å². The first-order valence-electron chi connectivity index (χ1n) is 3.21. The lowest BCUT2D eigenvalue weighted by atomic mass is 10.5. The van der Waals surface area contributed by atoms with E-state index in [4.69, 9.17) is 0 Å². The Morgan fingerprint density at radius 2 is 1.92 bits per heavy atom. The monoisotopic (exact) mass is 186 g/mol. The van der Waals surface area contributed by atoms with E-state index in [1.54, 1.807) is 0 Å². The number of methoxy groups -OCH3 is 1. The summed E-state index contributed by atoms with van der Waals surface area (Å²) < 4.78 is 42.8. The number of esters is 1. The molecule has 0 unspecified atom stereocenters. The lowest BCUT2D eigenvalue weighted by molar-refractivity contribution is -0.199. The highest BCUT2D eigenvalue weighted by Crippen LogP contribution is 2.16. The Morgan fingerprint density at radius 3 is 2.33 bits per heavy atom. The average Bonchev–Trinajstić information content (AvgIpc) is 1.96. The van der Waals surface area contributed by atoms with Crippen molar-refractivity contribution in [3.05, 3.63) is 0 Å². The van der Waals surface area contributed by atoms with Crippen LogP contribution < -0.4 is 0 Å². The van der Waals surface area contributed by atoms with Gasteiger partial charge in [-0.2, -0.15) is 13.2 Å². The highest BCUT2D eigenvalue weighted by Gasteiger charge is 2.40. The number of carbonyl (C=O) groups is 1. The van der Waals surface area contributed by atoms with Gasteiger partial charge in [0.1, 0.15) is 0 Å². The maximum atomic E-state index is 11.5. The van der Waals surface area contributed by atoms with Crippen molar-refractivity contribution in [3.63, 3.8) is 0 Å². The maximum Gasteiger partial charge on any atom is 0.490 e. The van der Waals surface area contributed by atoms with Crippen LogP contribution in [0, 0.1) is 0 Å². The Morgan fingerprint density at radius 1 is 1.33 bits per heavy atom. The first-order chi connectivity index (χ1) is 5.48. The van der Waals surface area contributed by atoms with E-state index in [1.807, 2.05) is 0 Å². The van der Waals surface area contributed by atoms with Crippen LogP contribution in [-0.2, 0) is 14.3 Å². The van der Waals surface area contributed by atoms with Crippen molar-refractivity contribution >= 4 is 5.97 Å². The van der Waals surface area contributed by atoms with E-state index < -0.39 is 12.1 Å². The minimum absolute atomic E-state index is 0.262. The Bertz CT molecular complexity index is 143. The second-order valence-corrected chi connectivity index (χ2v) is 1.98. The summed E-state index contributed by atoms with van der Waals surface area (Å²) in [5, 5.41) is 0. The topological polar surface area (TPSA) is 35.5 Å². The van der Waals surface area contributed by atoms with Crippen LogP contribution in [0.3, 0.4) is 0 Å². The third-order valence-electron chi connectivity index (χ3n) is 0.957. The smallest absolute Gasteiger partial charge is 0.459 e. The molecular formula is C6H9F3O3. The van der Waals surface area contributed by atoms with Crippen LogP contribution in [0.25, 0.3) is 0 Å². The molecule has 6 heteroatoms. The molecule has 0 radical (unpaired) electrons. The van der Waals surface area contributed by atoms with Crippen LogP contribution >= 0.6 is 0 Å². The fraction of sp³-hybridized carbons (Fsp3) is 0.833. The number of ether oxygens (including phenoxy) is 2. The van der Waals surface area contributed by atoms with Crippen LogP contribution in [0.2, 0.25) is 0 Å². The molecule has 0 fully saturated rings. The van der Waals surface area contributed by atoms with Crippen LogP contribution in [0.5, 0.6) is 0 Å². The molecule has 0 saturated carbocycles. The van der Waals surface area contributed by atoms with Crippen LogP contribution in [0.1, 0.15) is 6.42 Å². The zero-order chi connectivity index (χ0) is 9.61. The summed E-state index contributed by atoms with van der Waals surface area (Å²) in [6, 6.07) is 0. The minimum atomic E-state index is -4.90. The van der Waals surface area contributed by atoms with E-state index >= 15 is 0 Å². The fourth-order valence-corrected chi connectivity index (χ4v) is 0.450. The highest BCUT2D eigenvalue weighted by molar-refractivity contribution is 5.75. The first-order valence-corrected chi connectivity index (χ1v) is 3.21. The summed E-state index contributed by atoms with van der Waals surface area (Å²) >= 11 is 0. The number of carbonyl (C=O) groups excluding carboxylic acids is 1. The number of rotatable bonds is 4. The predicted octanol–water partition coefficient (Wildman–Crippen LogP) is 1.13.